The number of hydrogen-bond acceptors (Lipinski definition) is 6. The monoisotopic (exact) mass is 360 g/mol. The number of hydrogen-bond donors (Lipinski definition) is 2. The van der Waals surface area contributed by atoms with Crippen LogP contribution in [0, 0.1) is 0 Å². The number of carboxylic acid groups (broad SMARTS) is 1. The standard InChI is InChI=1S/C14H24N4O5S/c1-3-17(10-14(19)20)12-6-11(7-12)16-24(21,22)13-8-15-18(9-13)4-5-23-2/h8-9,11-12,16H,3-7,10H2,1-2H3,(H,19,20). The van der Waals surface area contributed by atoms with Crippen LogP contribution >= 0.6 is 0 Å². The highest BCUT2D eigenvalue weighted by Gasteiger charge is 2.36. The average molecular weight is 360 g/mol. The van der Waals surface area contributed by atoms with Gasteiger partial charge in [0.2, 0.25) is 10.0 Å². The van der Waals surface area contributed by atoms with Crippen molar-refractivity contribution in [2.45, 2.75) is 43.3 Å². The maximum absolute atomic E-state index is 12.3. The molecule has 0 amide bonds. The second-order valence-electron chi connectivity index (χ2n) is 5.83. The lowest BCUT2D eigenvalue weighted by atomic mass is 9.86. The third kappa shape index (κ3) is 4.76. The van der Waals surface area contributed by atoms with Gasteiger partial charge in [0.15, 0.2) is 0 Å². The first-order valence-corrected chi connectivity index (χ1v) is 9.33. The zero-order valence-electron chi connectivity index (χ0n) is 13.9. The molecule has 1 saturated carbocycles. The molecule has 0 aliphatic heterocycles. The number of ether oxygens (including phenoxy) is 1. The molecular weight excluding hydrogens is 336 g/mol. The summed E-state index contributed by atoms with van der Waals surface area (Å²) in [5.41, 5.74) is 0. The molecule has 24 heavy (non-hydrogen) atoms. The summed E-state index contributed by atoms with van der Waals surface area (Å²) in [4.78, 5) is 12.8. The van der Waals surface area contributed by atoms with Gasteiger partial charge in [-0.05, 0) is 19.4 Å². The quantitative estimate of drug-likeness (QED) is 0.591. The van der Waals surface area contributed by atoms with E-state index < -0.39 is 16.0 Å². The van der Waals surface area contributed by atoms with Crippen molar-refractivity contribution in [3.05, 3.63) is 12.4 Å². The highest BCUT2D eigenvalue weighted by molar-refractivity contribution is 7.89. The molecule has 10 heteroatoms. The van der Waals surface area contributed by atoms with Gasteiger partial charge >= 0.3 is 5.97 Å². The molecule has 0 unspecified atom stereocenters. The number of likely N-dealkylation sites (N-methyl/N-ethyl adjacent to an activating group) is 1. The van der Waals surface area contributed by atoms with Gasteiger partial charge < -0.3 is 9.84 Å². The Bertz CT molecular complexity index is 654. The molecule has 1 fully saturated rings. The zero-order valence-corrected chi connectivity index (χ0v) is 14.7. The fourth-order valence-electron chi connectivity index (χ4n) is 2.73. The van der Waals surface area contributed by atoms with Crippen molar-refractivity contribution in [2.75, 3.05) is 26.8 Å². The van der Waals surface area contributed by atoms with Gasteiger partial charge in [0, 0.05) is 25.4 Å². The van der Waals surface area contributed by atoms with Gasteiger partial charge in [-0.1, -0.05) is 6.92 Å². The molecule has 1 aromatic rings. The van der Waals surface area contributed by atoms with Crippen LogP contribution in [0.25, 0.3) is 0 Å². The van der Waals surface area contributed by atoms with Crippen LogP contribution in [0.15, 0.2) is 17.3 Å². The zero-order chi connectivity index (χ0) is 17.7. The van der Waals surface area contributed by atoms with Crippen molar-refractivity contribution in [1.29, 1.82) is 0 Å². The molecule has 0 spiro atoms. The van der Waals surface area contributed by atoms with Crippen LogP contribution in [0.5, 0.6) is 0 Å². The Balaban J connectivity index is 1.87. The van der Waals surface area contributed by atoms with Gasteiger partial charge in [-0.3, -0.25) is 14.4 Å². The average Bonchev–Trinajstić information content (AvgIpc) is 2.96. The van der Waals surface area contributed by atoms with Gasteiger partial charge in [0.25, 0.3) is 0 Å². The predicted octanol–water partition coefficient (Wildman–Crippen LogP) is -0.255. The van der Waals surface area contributed by atoms with Crippen LogP contribution in [-0.4, -0.2) is 73.1 Å². The van der Waals surface area contributed by atoms with Crippen molar-refractivity contribution in [1.82, 2.24) is 19.4 Å². The largest absolute Gasteiger partial charge is 0.480 e. The Morgan fingerprint density at radius 2 is 2.25 bits per heavy atom. The number of carbonyl (C=O) groups is 1. The van der Waals surface area contributed by atoms with E-state index in [9.17, 15) is 13.2 Å². The predicted molar refractivity (Wildman–Crippen MR) is 86.1 cm³/mol. The first-order chi connectivity index (χ1) is 11.4. The molecule has 2 N–H and O–H groups in total. The Morgan fingerprint density at radius 1 is 1.54 bits per heavy atom. The van der Waals surface area contributed by atoms with E-state index in [0.29, 0.717) is 32.5 Å². The normalized spacial score (nSPS) is 21.0. The molecule has 1 aromatic heterocycles. The van der Waals surface area contributed by atoms with Gasteiger partial charge in [-0.25, -0.2) is 13.1 Å². The summed E-state index contributed by atoms with van der Waals surface area (Å²) in [6.45, 7) is 3.44. The molecule has 0 saturated heterocycles. The summed E-state index contributed by atoms with van der Waals surface area (Å²) in [7, 11) is -2.04. The van der Waals surface area contributed by atoms with Crippen LogP contribution in [0.3, 0.4) is 0 Å². The van der Waals surface area contributed by atoms with Crippen LogP contribution in [0.1, 0.15) is 19.8 Å². The number of rotatable bonds is 10. The number of nitrogens with zero attached hydrogens (tertiary/aromatic N) is 3. The number of carboxylic acids is 1. The van der Waals surface area contributed by atoms with E-state index in [2.05, 4.69) is 9.82 Å². The Kier molecular flexibility index (Phi) is 6.33. The minimum atomic E-state index is -3.61. The number of aliphatic carboxylic acids is 1. The van der Waals surface area contributed by atoms with Crippen molar-refractivity contribution in [2.24, 2.45) is 0 Å². The smallest absolute Gasteiger partial charge is 0.317 e. The van der Waals surface area contributed by atoms with Gasteiger partial charge in [0.05, 0.1) is 25.9 Å². The highest BCUT2D eigenvalue weighted by atomic mass is 32.2. The van der Waals surface area contributed by atoms with Gasteiger partial charge in [0.1, 0.15) is 4.90 Å². The number of nitrogens with one attached hydrogen (secondary N) is 1. The lowest BCUT2D eigenvalue weighted by Crippen LogP contribution is -2.54. The van der Waals surface area contributed by atoms with Crippen LogP contribution in [0.2, 0.25) is 0 Å². The lowest BCUT2D eigenvalue weighted by molar-refractivity contribution is -0.139. The molecule has 2 rings (SSSR count). The third-order valence-electron chi connectivity index (χ3n) is 4.14. The fourth-order valence-corrected chi connectivity index (χ4v) is 3.95. The summed E-state index contributed by atoms with van der Waals surface area (Å²) in [5, 5.41) is 12.9. The highest BCUT2D eigenvalue weighted by Crippen LogP contribution is 2.27. The molecule has 1 aliphatic rings. The minimum absolute atomic E-state index is 0.0209. The molecule has 0 bridgehead atoms. The summed E-state index contributed by atoms with van der Waals surface area (Å²) in [5.74, 6) is -0.871. The van der Waals surface area contributed by atoms with E-state index in [1.54, 1.807) is 7.11 Å². The lowest BCUT2D eigenvalue weighted by Gasteiger charge is -2.41. The van der Waals surface area contributed by atoms with Crippen molar-refractivity contribution in [3.8, 4) is 0 Å². The molecular formula is C14H24N4O5S. The molecule has 0 atom stereocenters. The maximum atomic E-state index is 12.3. The van der Waals surface area contributed by atoms with Crippen molar-refractivity contribution >= 4 is 16.0 Å². The van der Waals surface area contributed by atoms with Gasteiger partial charge in [-0.15, -0.1) is 0 Å². The maximum Gasteiger partial charge on any atom is 0.317 e. The summed E-state index contributed by atoms with van der Waals surface area (Å²) in [6, 6.07) is -0.0756. The van der Waals surface area contributed by atoms with E-state index >= 15 is 0 Å². The van der Waals surface area contributed by atoms with Crippen molar-refractivity contribution < 1.29 is 23.1 Å². The Morgan fingerprint density at radius 3 is 2.83 bits per heavy atom. The second-order valence-corrected chi connectivity index (χ2v) is 7.55. The first-order valence-electron chi connectivity index (χ1n) is 7.85. The Labute approximate surface area is 141 Å². The SMILES string of the molecule is CCN(CC(=O)O)C1CC(NS(=O)(=O)c2cnn(CCOC)c2)C1. The number of methoxy groups -OCH3 is 1. The summed E-state index contributed by atoms with van der Waals surface area (Å²) < 4.78 is 33.8. The van der Waals surface area contributed by atoms with E-state index in [1.807, 2.05) is 11.8 Å². The van der Waals surface area contributed by atoms with Crippen LogP contribution in [-0.2, 0) is 26.1 Å². The second kappa shape index (κ2) is 8.06. The molecule has 1 heterocycles. The van der Waals surface area contributed by atoms with Gasteiger partial charge in [-0.2, -0.15) is 5.10 Å². The third-order valence-corrected chi connectivity index (χ3v) is 5.62. The number of sulfonamides is 1. The summed E-state index contributed by atoms with van der Waals surface area (Å²) in [6.07, 6.45) is 4.01. The molecule has 136 valence electrons. The van der Waals surface area contributed by atoms with E-state index in [-0.39, 0.29) is 23.5 Å². The molecule has 0 aromatic carbocycles. The topological polar surface area (TPSA) is 114 Å². The van der Waals surface area contributed by atoms with E-state index in [1.165, 1.54) is 17.1 Å². The Hall–Kier alpha value is -1.49. The molecule has 1 aliphatic carbocycles. The van der Waals surface area contributed by atoms with Crippen molar-refractivity contribution in [3.63, 3.8) is 0 Å². The minimum Gasteiger partial charge on any atom is -0.480 e. The molecule has 9 nitrogen and oxygen atoms in total. The van der Waals surface area contributed by atoms with E-state index in [0.717, 1.165) is 0 Å². The summed E-state index contributed by atoms with van der Waals surface area (Å²) >= 11 is 0. The van der Waals surface area contributed by atoms with Crippen LogP contribution in [0.4, 0.5) is 0 Å². The van der Waals surface area contributed by atoms with E-state index in [4.69, 9.17) is 9.84 Å². The van der Waals surface area contributed by atoms with Crippen LogP contribution < -0.4 is 4.72 Å². The molecule has 0 radical (unpaired) electrons. The first kappa shape index (κ1) is 18.8. The fraction of sp³-hybridized carbons (Fsp3) is 0.714. The number of aromatic nitrogens is 2.